The predicted molar refractivity (Wildman–Crippen MR) is 77.4 cm³/mol. The molecule has 1 aliphatic rings. The van der Waals surface area contributed by atoms with Gasteiger partial charge in [0.05, 0.1) is 7.11 Å². The van der Waals surface area contributed by atoms with Crippen LogP contribution >= 0.6 is 0 Å². The zero-order valence-electron chi connectivity index (χ0n) is 12.4. The van der Waals surface area contributed by atoms with Crippen molar-refractivity contribution in [3.05, 3.63) is 30.1 Å². The van der Waals surface area contributed by atoms with E-state index in [4.69, 9.17) is 9.84 Å². The van der Waals surface area contributed by atoms with Crippen LogP contribution in [-0.4, -0.2) is 61.8 Å². The summed E-state index contributed by atoms with van der Waals surface area (Å²) in [5, 5.41) is 19.9. The topological polar surface area (TPSA) is 110 Å². The predicted octanol–water partition coefficient (Wildman–Crippen LogP) is 0.360. The normalized spacial score (nSPS) is 13.6. The molecule has 9 nitrogen and oxygen atoms in total. The summed E-state index contributed by atoms with van der Waals surface area (Å²) in [6.45, 7) is -0.310. The van der Waals surface area contributed by atoms with Crippen LogP contribution in [0.4, 0.5) is 0 Å². The number of amides is 1. The Kier molecular flexibility index (Phi) is 3.92. The molecule has 1 amide bonds. The van der Waals surface area contributed by atoms with Crippen molar-refractivity contribution in [2.75, 3.05) is 13.7 Å². The Balaban J connectivity index is 1.94. The summed E-state index contributed by atoms with van der Waals surface area (Å²) in [6, 6.07) is 4.83. The van der Waals surface area contributed by atoms with Gasteiger partial charge in [-0.05, 0) is 41.5 Å². The molecule has 0 bridgehead atoms. The van der Waals surface area contributed by atoms with Gasteiger partial charge in [-0.15, -0.1) is 5.10 Å². The van der Waals surface area contributed by atoms with E-state index < -0.39 is 5.97 Å². The third kappa shape index (κ3) is 3.12. The summed E-state index contributed by atoms with van der Waals surface area (Å²) >= 11 is 0. The molecule has 1 aromatic heterocycles. The van der Waals surface area contributed by atoms with Gasteiger partial charge in [-0.25, -0.2) is 0 Å². The molecule has 1 saturated carbocycles. The average Bonchev–Trinajstić information content (AvgIpc) is 3.24. The van der Waals surface area contributed by atoms with E-state index in [0.29, 0.717) is 17.0 Å². The number of hydrogen-bond donors (Lipinski definition) is 1. The van der Waals surface area contributed by atoms with Crippen molar-refractivity contribution in [1.29, 1.82) is 0 Å². The summed E-state index contributed by atoms with van der Waals surface area (Å²) in [4.78, 5) is 25.0. The number of aliphatic carboxylic acids is 1. The van der Waals surface area contributed by atoms with E-state index in [1.54, 1.807) is 18.2 Å². The molecule has 0 radical (unpaired) electrons. The number of hydrogen-bond acceptors (Lipinski definition) is 6. The standard InChI is InChI=1S/C14H15N5O4/c1-23-12-5-2-9(6-11(12)19-8-15-16-17-19)14(22)18(7-13(20)21)10-3-4-10/h2,5-6,8,10H,3-4,7H2,1H3,(H,20,21). The van der Waals surface area contributed by atoms with Gasteiger partial charge < -0.3 is 14.7 Å². The number of carbonyl (C=O) groups is 2. The highest BCUT2D eigenvalue weighted by atomic mass is 16.5. The number of carboxylic acid groups (broad SMARTS) is 1. The van der Waals surface area contributed by atoms with E-state index in [2.05, 4.69) is 15.5 Å². The molecule has 1 aliphatic carbocycles. The average molecular weight is 317 g/mol. The van der Waals surface area contributed by atoms with Crippen LogP contribution in [0, 0.1) is 0 Å². The minimum atomic E-state index is -1.03. The Morgan fingerprint density at radius 1 is 1.43 bits per heavy atom. The van der Waals surface area contributed by atoms with Crippen LogP contribution in [0.3, 0.4) is 0 Å². The van der Waals surface area contributed by atoms with Crippen molar-refractivity contribution >= 4 is 11.9 Å². The first-order chi connectivity index (χ1) is 11.1. The summed E-state index contributed by atoms with van der Waals surface area (Å²) in [6.07, 6.45) is 3.05. The lowest BCUT2D eigenvalue weighted by Gasteiger charge is -2.20. The molecule has 9 heteroatoms. The van der Waals surface area contributed by atoms with E-state index in [1.807, 2.05) is 0 Å². The molecule has 23 heavy (non-hydrogen) atoms. The van der Waals surface area contributed by atoms with Crippen LogP contribution in [0.1, 0.15) is 23.2 Å². The maximum absolute atomic E-state index is 12.6. The van der Waals surface area contributed by atoms with Gasteiger partial charge in [0, 0.05) is 11.6 Å². The van der Waals surface area contributed by atoms with Crippen molar-refractivity contribution in [3.63, 3.8) is 0 Å². The molecule has 2 aromatic rings. The first-order valence-corrected chi connectivity index (χ1v) is 7.04. The summed E-state index contributed by atoms with van der Waals surface area (Å²) in [7, 11) is 1.51. The van der Waals surface area contributed by atoms with Crippen molar-refractivity contribution in [2.45, 2.75) is 18.9 Å². The molecule has 1 heterocycles. The number of nitrogens with zero attached hydrogens (tertiary/aromatic N) is 5. The van der Waals surface area contributed by atoms with E-state index in [-0.39, 0.29) is 18.5 Å². The highest BCUT2D eigenvalue weighted by molar-refractivity contribution is 5.97. The lowest BCUT2D eigenvalue weighted by Crippen LogP contribution is -2.37. The Bertz CT molecular complexity index is 727. The number of ether oxygens (including phenoxy) is 1. The Hall–Kier alpha value is -2.97. The molecule has 0 spiro atoms. The number of aromatic nitrogens is 4. The summed E-state index contributed by atoms with van der Waals surface area (Å²) < 4.78 is 6.64. The van der Waals surface area contributed by atoms with Gasteiger partial charge >= 0.3 is 5.97 Å². The van der Waals surface area contributed by atoms with Crippen molar-refractivity contribution < 1.29 is 19.4 Å². The first-order valence-electron chi connectivity index (χ1n) is 7.04. The number of methoxy groups -OCH3 is 1. The van der Waals surface area contributed by atoms with Crippen LogP contribution in [0.15, 0.2) is 24.5 Å². The highest BCUT2D eigenvalue weighted by Crippen LogP contribution is 2.29. The minimum absolute atomic E-state index is 0.00260. The fourth-order valence-corrected chi connectivity index (χ4v) is 2.34. The van der Waals surface area contributed by atoms with Gasteiger partial charge in [-0.2, -0.15) is 4.68 Å². The van der Waals surface area contributed by atoms with Crippen molar-refractivity contribution in [3.8, 4) is 11.4 Å². The molecule has 1 fully saturated rings. The number of carboxylic acids is 1. The molecule has 120 valence electrons. The Morgan fingerprint density at radius 3 is 2.78 bits per heavy atom. The first kappa shape index (κ1) is 14.9. The monoisotopic (exact) mass is 317 g/mol. The third-order valence-corrected chi connectivity index (χ3v) is 3.58. The SMILES string of the molecule is COc1ccc(C(=O)N(CC(=O)O)C2CC2)cc1-n1cnnn1. The van der Waals surface area contributed by atoms with Crippen LogP contribution in [0.25, 0.3) is 5.69 Å². The molecular formula is C14H15N5O4. The number of tetrazole rings is 1. The van der Waals surface area contributed by atoms with E-state index in [0.717, 1.165) is 12.8 Å². The molecule has 3 rings (SSSR count). The second-order valence-electron chi connectivity index (χ2n) is 5.20. The quantitative estimate of drug-likeness (QED) is 0.819. The second kappa shape index (κ2) is 6.03. The van der Waals surface area contributed by atoms with Gasteiger partial charge in [0.15, 0.2) is 0 Å². The molecule has 1 aromatic carbocycles. The second-order valence-corrected chi connectivity index (χ2v) is 5.20. The van der Waals surface area contributed by atoms with Crippen LogP contribution < -0.4 is 4.74 Å². The Labute approximate surface area is 131 Å². The van der Waals surface area contributed by atoms with Gasteiger partial charge in [0.2, 0.25) is 0 Å². The van der Waals surface area contributed by atoms with E-state index >= 15 is 0 Å². The molecule has 1 N–H and O–H groups in total. The van der Waals surface area contributed by atoms with Crippen molar-refractivity contribution in [1.82, 2.24) is 25.1 Å². The maximum Gasteiger partial charge on any atom is 0.323 e. The number of carbonyl (C=O) groups excluding carboxylic acids is 1. The van der Waals surface area contributed by atoms with Gasteiger partial charge in [0.25, 0.3) is 5.91 Å². The lowest BCUT2D eigenvalue weighted by atomic mass is 10.1. The van der Waals surface area contributed by atoms with Crippen LogP contribution in [0.5, 0.6) is 5.75 Å². The fraction of sp³-hybridized carbons (Fsp3) is 0.357. The number of rotatable bonds is 6. The molecular weight excluding hydrogens is 302 g/mol. The zero-order chi connectivity index (χ0) is 16.4. The summed E-state index contributed by atoms with van der Waals surface area (Å²) in [5.74, 6) is -0.851. The lowest BCUT2D eigenvalue weighted by molar-refractivity contribution is -0.137. The minimum Gasteiger partial charge on any atom is -0.494 e. The van der Waals surface area contributed by atoms with Crippen LogP contribution in [-0.2, 0) is 4.79 Å². The largest absolute Gasteiger partial charge is 0.494 e. The highest BCUT2D eigenvalue weighted by Gasteiger charge is 2.34. The molecule has 0 unspecified atom stereocenters. The third-order valence-electron chi connectivity index (χ3n) is 3.58. The smallest absolute Gasteiger partial charge is 0.323 e. The number of benzene rings is 1. The van der Waals surface area contributed by atoms with Gasteiger partial charge in [-0.3, -0.25) is 9.59 Å². The fourth-order valence-electron chi connectivity index (χ4n) is 2.34. The Morgan fingerprint density at radius 2 is 2.22 bits per heavy atom. The summed E-state index contributed by atoms with van der Waals surface area (Å²) in [5.41, 5.74) is 0.874. The molecule has 0 aliphatic heterocycles. The zero-order valence-corrected chi connectivity index (χ0v) is 12.4. The molecule has 0 saturated heterocycles. The van der Waals surface area contributed by atoms with Gasteiger partial charge in [-0.1, -0.05) is 0 Å². The van der Waals surface area contributed by atoms with E-state index in [1.165, 1.54) is 23.0 Å². The van der Waals surface area contributed by atoms with E-state index in [9.17, 15) is 9.59 Å². The van der Waals surface area contributed by atoms with Crippen LogP contribution in [0.2, 0.25) is 0 Å². The maximum atomic E-state index is 12.6. The molecule has 0 atom stereocenters. The van der Waals surface area contributed by atoms with Crippen molar-refractivity contribution in [2.24, 2.45) is 0 Å². The van der Waals surface area contributed by atoms with Gasteiger partial charge in [0.1, 0.15) is 24.3 Å².